The third-order valence-corrected chi connectivity index (χ3v) is 5.96. The van der Waals surface area contributed by atoms with Crippen molar-refractivity contribution in [3.8, 4) is 0 Å². The summed E-state index contributed by atoms with van der Waals surface area (Å²) in [6.07, 6.45) is -4.35. The van der Waals surface area contributed by atoms with Gasteiger partial charge in [-0.05, 0) is 32.6 Å². The minimum Gasteiger partial charge on any atom is -0.481 e. The highest BCUT2D eigenvalue weighted by molar-refractivity contribution is 5.97. The van der Waals surface area contributed by atoms with Gasteiger partial charge in [0.15, 0.2) is 0 Å². The van der Waals surface area contributed by atoms with Crippen molar-refractivity contribution < 1.29 is 42.3 Å². The Morgan fingerprint density at radius 1 is 1.00 bits per heavy atom. The van der Waals surface area contributed by atoms with E-state index in [0.29, 0.717) is 13.1 Å². The van der Waals surface area contributed by atoms with Crippen LogP contribution in [0.5, 0.6) is 0 Å². The van der Waals surface area contributed by atoms with Gasteiger partial charge in [0.2, 0.25) is 17.7 Å². The fourth-order valence-corrected chi connectivity index (χ4v) is 3.86. The normalized spacial score (nSPS) is 16.1. The SMILES string of the molecule is CC(C)C(C(=O)N[C@@H](CC(=O)O)C(=O)N1CCCC1)N(C)C(=O)C(C)(C)N(C)C(=O)C(F)(F)F. The van der Waals surface area contributed by atoms with E-state index in [-0.39, 0.29) is 4.90 Å². The third kappa shape index (κ3) is 6.83. The van der Waals surface area contributed by atoms with Crippen LogP contribution in [0.15, 0.2) is 0 Å². The van der Waals surface area contributed by atoms with Gasteiger partial charge in [-0.15, -0.1) is 0 Å². The van der Waals surface area contributed by atoms with Gasteiger partial charge in [0.25, 0.3) is 0 Å². The van der Waals surface area contributed by atoms with E-state index in [1.165, 1.54) is 11.9 Å². The molecule has 0 radical (unpaired) electrons. The largest absolute Gasteiger partial charge is 0.481 e. The molecule has 194 valence electrons. The van der Waals surface area contributed by atoms with Crippen LogP contribution >= 0.6 is 0 Å². The molecule has 0 aromatic rings. The standard InChI is InChI=1S/C21H33F3N4O6/c1-12(2)15(26(5)18(33)20(3,4)27(6)19(34)21(22,23)24)16(31)25-13(11-14(29)30)17(32)28-9-7-8-10-28/h12-13,15H,7-11H2,1-6H3,(H,25,31)(H,29,30)/t13-,15?/m0/s1. The number of halogens is 3. The Kier molecular flexibility index (Phi) is 9.48. The zero-order chi connectivity index (χ0) is 26.6. The lowest BCUT2D eigenvalue weighted by atomic mass is 9.96. The molecule has 34 heavy (non-hydrogen) atoms. The molecule has 1 fully saturated rings. The number of alkyl halides is 3. The molecule has 2 N–H and O–H groups in total. The highest BCUT2D eigenvalue weighted by Gasteiger charge is 2.49. The number of hydrogen-bond donors (Lipinski definition) is 2. The second-order valence-corrected chi connectivity index (χ2v) is 9.22. The number of carboxylic acid groups (broad SMARTS) is 1. The van der Waals surface area contributed by atoms with Crippen molar-refractivity contribution in [2.24, 2.45) is 5.92 Å². The molecule has 0 aromatic heterocycles. The van der Waals surface area contributed by atoms with Crippen molar-refractivity contribution in [1.82, 2.24) is 20.0 Å². The molecule has 1 rings (SSSR count). The third-order valence-electron chi connectivity index (χ3n) is 5.96. The summed E-state index contributed by atoms with van der Waals surface area (Å²) in [4.78, 5) is 64.6. The second kappa shape index (κ2) is 11.0. The van der Waals surface area contributed by atoms with Crippen LogP contribution in [0.2, 0.25) is 0 Å². The lowest BCUT2D eigenvalue weighted by Crippen LogP contribution is -2.63. The highest BCUT2D eigenvalue weighted by atomic mass is 19.4. The molecule has 2 atom stereocenters. The quantitative estimate of drug-likeness (QED) is 0.489. The van der Waals surface area contributed by atoms with E-state index in [2.05, 4.69) is 5.32 Å². The van der Waals surface area contributed by atoms with Crippen LogP contribution < -0.4 is 5.32 Å². The number of likely N-dealkylation sites (tertiary alicyclic amines) is 1. The van der Waals surface area contributed by atoms with Gasteiger partial charge in [-0.25, -0.2) is 0 Å². The number of carbonyl (C=O) groups excluding carboxylic acids is 4. The molecule has 0 aromatic carbocycles. The lowest BCUT2D eigenvalue weighted by Gasteiger charge is -2.40. The molecule has 1 unspecified atom stereocenters. The molecule has 0 bridgehead atoms. The van der Waals surface area contributed by atoms with Crippen LogP contribution in [-0.4, -0.2) is 100 Å². The maximum absolute atomic E-state index is 13.1. The summed E-state index contributed by atoms with van der Waals surface area (Å²) in [5, 5.41) is 11.6. The monoisotopic (exact) mass is 494 g/mol. The van der Waals surface area contributed by atoms with Gasteiger partial charge < -0.3 is 25.1 Å². The minimum atomic E-state index is -5.19. The van der Waals surface area contributed by atoms with E-state index >= 15 is 0 Å². The summed E-state index contributed by atoms with van der Waals surface area (Å²) < 4.78 is 38.7. The number of amides is 4. The first kappa shape index (κ1) is 29.2. The van der Waals surface area contributed by atoms with Crippen LogP contribution in [0, 0.1) is 5.92 Å². The van der Waals surface area contributed by atoms with Crippen LogP contribution in [0.3, 0.4) is 0 Å². The molecule has 0 aliphatic carbocycles. The number of rotatable bonds is 9. The first-order valence-electron chi connectivity index (χ1n) is 10.9. The van der Waals surface area contributed by atoms with Crippen molar-refractivity contribution in [3.05, 3.63) is 0 Å². The Balaban J connectivity index is 3.14. The smallest absolute Gasteiger partial charge is 0.471 e. The molecule has 0 saturated carbocycles. The van der Waals surface area contributed by atoms with Crippen molar-refractivity contribution in [2.45, 2.75) is 70.8 Å². The first-order chi connectivity index (χ1) is 15.4. The maximum Gasteiger partial charge on any atom is 0.471 e. The Bertz CT molecular complexity index is 809. The zero-order valence-corrected chi connectivity index (χ0v) is 20.2. The Hall–Kier alpha value is -2.86. The van der Waals surface area contributed by atoms with Crippen LogP contribution in [-0.2, 0) is 24.0 Å². The second-order valence-electron chi connectivity index (χ2n) is 9.22. The van der Waals surface area contributed by atoms with Crippen molar-refractivity contribution in [2.75, 3.05) is 27.2 Å². The number of carboxylic acids is 1. The van der Waals surface area contributed by atoms with Gasteiger partial charge in [-0.1, -0.05) is 13.8 Å². The van der Waals surface area contributed by atoms with Crippen molar-refractivity contribution in [1.29, 1.82) is 0 Å². The molecular weight excluding hydrogens is 461 g/mol. The van der Waals surface area contributed by atoms with Gasteiger partial charge >= 0.3 is 18.1 Å². The number of hydrogen-bond acceptors (Lipinski definition) is 5. The van der Waals surface area contributed by atoms with Gasteiger partial charge in [0, 0.05) is 27.2 Å². The summed E-state index contributed by atoms with van der Waals surface area (Å²) in [6, 6.07) is -2.61. The van der Waals surface area contributed by atoms with Gasteiger partial charge in [-0.3, -0.25) is 24.0 Å². The summed E-state index contributed by atoms with van der Waals surface area (Å²) in [5.41, 5.74) is -1.96. The summed E-state index contributed by atoms with van der Waals surface area (Å²) >= 11 is 0. The molecule has 1 aliphatic heterocycles. The van der Waals surface area contributed by atoms with E-state index in [1.54, 1.807) is 13.8 Å². The van der Waals surface area contributed by atoms with Gasteiger partial charge in [0.1, 0.15) is 17.6 Å². The Morgan fingerprint density at radius 3 is 1.91 bits per heavy atom. The number of aliphatic carboxylic acids is 1. The molecule has 1 aliphatic rings. The molecular formula is C21H33F3N4O6. The van der Waals surface area contributed by atoms with Crippen LogP contribution in [0.25, 0.3) is 0 Å². The first-order valence-corrected chi connectivity index (χ1v) is 10.9. The fourth-order valence-electron chi connectivity index (χ4n) is 3.86. The molecule has 1 saturated heterocycles. The average molecular weight is 495 g/mol. The Labute approximate surface area is 196 Å². The zero-order valence-electron chi connectivity index (χ0n) is 20.2. The van der Waals surface area contributed by atoms with E-state index in [4.69, 9.17) is 0 Å². The highest BCUT2D eigenvalue weighted by Crippen LogP contribution is 2.26. The summed E-state index contributed by atoms with van der Waals surface area (Å²) in [5.74, 6) is -6.41. The molecule has 0 spiro atoms. The average Bonchev–Trinajstić information content (AvgIpc) is 3.24. The predicted octanol–water partition coefficient (Wildman–Crippen LogP) is 0.851. The minimum absolute atomic E-state index is 0.255. The summed E-state index contributed by atoms with van der Waals surface area (Å²) in [7, 11) is 2.04. The molecule has 4 amide bonds. The maximum atomic E-state index is 13.1. The fraction of sp³-hybridized carbons (Fsp3) is 0.762. The Morgan fingerprint density at radius 2 is 1.50 bits per heavy atom. The van der Waals surface area contributed by atoms with Gasteiger partial charge in [-0.2, -0.15) is 13.2 Å². The molecule has 1 heterocycles. The van der Waals surface area contributed by atoms with Crippen LogP contribution in [0.1, 0.15) is 47.0 Å². The van der Waals surface area contributed by atoms with Crippen molar-refractivity contribution >= 4 is 29.6 Å². The van der Waals surface area contributed by atoms with E-state index in [1.807, 2.05) is 0 Å². The topological polar surface area (TPSA) is 127 Å². The number of carbonyl (C=O) groups is 5. The molecule has 10 nitrogen and oxygen atoms in total. The summed E-state index contributed by atoms with van der Waals surface area (Å²) in [6.45, 7) is 6.28. The molecule has 13 heteroatoms. The predicted molar refractivity (Wildman–Crippen MR) is 114 cm³/mol. The van der Waals surface area contributed by atoms with Gasteiger partial charge in [0.05, 0.1) is 6.42 Å². The lowest BCUT2D eigenvalue weighted by molar-refractivity contribution is -0.191. The van der Waals surface area contributed by atoms with Crippen molar-refractivity contribution in [3.63, 3.8) is 0 Å². The number of likely N-dealkylation sites (N-methyl/N-ethyl adjacent to an activating group) is 2. The number of nitrogens with zero attached hydrogens (tertiary/aromatic N) is 3. The van der Waals surface area contributed by atoms with Crippen LogP contribution in [0.4, 0.5) is 13.2 Å². The van der Waals surface area contributed by atoms with E-state index in [0.717, 1.165) is 38.6 Å². The van der Waals surface area contributed by atoms with E-state index < -0.39 is 65.7 Å². The van der Waals surface area contributed by atoms with E-state index in [9.17, 15) is 42.3 Å². The number of nitrogens with one attached hydrogen (secondary N) is 1.